The van der Waals surface area contributed by atoms with E-state index >= 15 is 0 Å². The summed E-state index contributed by atoms with van der Waals surface area (Å²) in [6.45, 7) is 9.75. The third-order valence-corrected chi connectivity index (χ3v) is 15.4. The molecular formula is C66H72N14O9. The Labute approximate surface area is 512 Å². The lowest BCUT2D eigenvalue weighted by atomic mass is 10.1. The molecule has 1 saturated heterocycles. The van der Waals surface area contributed by atoms with Crippen LogP contribution in [-0.2, 0) is 30.6 Å². The van der Waals surface area contributed by atoms with Crippen molar-refractivity contribution in [1.29, 1.82) is 0 Å². The van der Waals surface area contributed by atoms with E-state index in [1.807, 2.05) is 140 Å². The highest BCUT2D eigenvalue weighted by Gasteiger charge is 2.20. The Balaban J connectivity index is 0.000000139. The number of aryl methyl sites for hydroxylation is 5. The Kier molecular flexibility index (Phi) is 18.7. The molecule has 6 aromatic carbocycles. The van der Waals surface area contributed by atoms with E-state index in [1.54, 1.807) is 19.2 Å². The lowest BCUT2D eigenvalue weighted by Crippen LogP contribution is -2.27. The van der Waals surface area contributed by atoms with Gasteiger partial charge in [-0.05, 0) is 142 Å². The molecule has 1 fully saturated rings. The van der Waals surface area contributed by atoms with Gasteiger partial charge in [-0.2, -0.15) is 15.0 Å². The highest BCUT2D eigenvalue weighted by Crippen LogP contribution is 2.31. The van der Waals surface area contributed by atoms with Gasteiger partial charge in [0.25, 0.3) is 5.91 Å². The predicted molar refractivity (Wildman–Crippen MR) is 344 cm³/mol. The van der Waals surface area contributed by atoms with Gasteiger partial charge in [-0.3, -0.25) is 30.3 Å². The fraction of sp³-hybridized carbons (Fsp3) is 0.318. The number of ketones is 2. The first kappa shape index (κ1) is 60.7. The van der Waals surface area contributed by atoms with Crippen molar-refractivity contribution in [3.05, 3.63) is 137 Å². The third-order valence-electron chi connectivity index (χ3n) is 15.4. The van der Waals surface area contributed by atoms with Crippen LogP contribution >= 0.6 is 0 Å². The number of aliphatic hydroxyl groups is 1. The second-order valence-electron chi connectivity index (χ2n) is 22.0. The molecule has 23 heteroatoms. The zero-order chi connectivity index (χ0) is 62.1. The zero-order valence-corrected chi connectivity index (χ0v) is 51.0. The van der Waals surface area contributed by atoms with E-state index in [9.17, 15) is 14.4 Å². The summed E-state index contributed by atoms with van der Waals surface area (Å²) < 4.78 is 33.4. The maximum Gasteiger partial charge on any atom is 0.302 e. The van der Waals surface area contributed by atoms with Crippen LogP contribution in [-0.4, -0.2) is 119 Å². The van der Waals surface area contributed by atoms with Crippen LogP contribution in [0.1, 0.15) is 94.1 Å². The zero-order valence-electron chi connectivity index (χ0n) is 51.0. The molecule has 13 rings (SSSR count). The summed E-state index contributed by atoms with van der Waals surface area (Å²) in [5.41, 5.74) is 14.8. The fourth-order valence-corrected chi connectivity index (χ4v) is 10.5. The summed E-state index contributed by atoms with van der Waals surface area (Å²) >= 11 is 0. The molecule has 5 N–H and O–H groups in total. The standard InChI is InChI=1S/C24H28N6O4.C21H22N4O3.C21H22N4O2/c1-29-20-7-4-16(22(32)25-8-12-33-13-11-31)14-19(20)26-23(29)28-24-27-18-6-5-17(15-21(18)34-24)30-9-2-3-10-30;1-13-6-8-15-19(11-13)28-21(23-15)24-20-22-16-12-14(7-9-17(16)25(20)2)18(26)5-4-10-27-3;1-4-5-6-18(26)14-8-10-17-16(12-14)22-20(25(17)3)24-21-23-15-9-7-13(2)11-19(15)27-21/h4-7,14-15,31H,2-3,8-13H2,1H3,(H,25,32)(H,26,27,28);6-9,11-12H,4-5,10H2,1-3H3,(H,22,23,24);7-12H,4-6H2,1-3H3,(H,22,23,24). The number of nitrogens with zero attached hydrogens (tertiary/aromatic N) is 10. The van der Waals surface area contributed by atoms with Crippen LogP contribution in [0.25, 0.3) is 66.4 Å². The quantitative estimate of drug-likeness (QED) is 0.0312. The van der Waals surface area contributed by atoms with E-state index < -0.39 is 0 Å². The normalized spacial score (nSPS) is 12.3. The van der Waals surface area contributed by atoms with E-state index in [1.165, 1.54) is 12.8 Å². The van der Waals surface area contributed by atoms with E-state index in [-0.39, 0.29) is 30.7 Å². The van der Waals surface area contributed by atoms with Gasteiger partial charge in [0.1, 0.15) is 16.6 Å². The monoisotopic (exact) mass is 1200 g/mol. The molecule has 23 nitrogen and oxygen atoms in total. The topological polar surface area (TPSA) is 273 Å². The van der Waals surface area contributed by atoms with E-state index in [4.69, 9.17) is 27.8 Å². The minimum absolute atomic E-state index is 0.0378. The van der Waals surface area contributed by atoms with Crippen LogP contribution in [0.15, 0.2) is 122 Å². The molecule has 12 aromatic rings. The largest absolute Gasteiger partial charge is 0.423 e. The van der Waals surface area contributed by atoms with Gasteiger partial charge in [0, 0.05) is 95.8 Å². The number of aliphatic hydroxyl groups excluding tert-OH is 1. The summed E-state index contributed by atoms with van der Waals surface area (Å²) in [5.74, 6) is 1.83. The van der Waals surface area contributed by atoms with E-state index in [2.05, 4.69) is 69.1 Å². The maximum absolute atomic E-state index is 12.4. The number of Topliss-reactive ketones (excluding diaryl/α,β-unsaturated/α-hetero) is 2. The number of carbonyl (C=O) groups excluding carboxylic acids is 3. The molecule has 1 aliphatic rings. The van der Waals surface area contributed by atoms with Crippen molar-refractivity contribution >= 4 is 125 Å². The van der Waals surface area contributed by atoms with Crippen molar-refractivity contribution < 1.29 is 42.2 Å². The fourth-order valence-electron chi connectivity index (χ4n) is 10.5. The first-order chi connectivity index (χ1) is 43.2. The van der Waals surface area contributed by atoms with Crippen LogP contribution in [0.3, 0.4) is 0 Å². The molecule has 6 aromatic heterocycles. The number of unbranched alkanes of at least 4 members (excludes halogenated alkanes) is 1. The lowest BCUT2D eigenvalue weighted by Gasteiger charge is -2.16. The average molecular weight is 1210 g/mol. The van der Waals surface area contributed by atoms with Crippen LogP contribution in [0.5, 0.6) is 0 Å². The molecular weight excluding hydrogens is 1130 g/mol. The van der Waals surface area contributed by atoms with Crippen LogP contribution in [0, 0.1) is 13.8 Å². The number of amides is 1. The molecule has 460 valence electrons. The number of benzene rings is 6. The van der Waals surface area contributed by atoms with Gasteiger partial charge in [-0.15, -0.1) is 0 Å². The van der Waals surface area contributed by atoms with Gasteiger partial charge in [0.05, 0.1) is 52.9 Å². The molecule has 0 atom stereocenters. The van der Waals surface area contributed by atoms with Gasteiger partial charge in [0.15, 0.2) is 28.3 Å². The molecule has 1 aliphatic heterocycles. The second kappa shape index (κ2) is 27.4. The minimum atomic E-state index is -0.206. The number of oxazole rings is 3. The smallest absolute Gasteiger partial charge is 0.302 e. The van der Waals surface area contributed by atoms with Crippen molar-refractivity contribution in [2.45, 2.75) is 65.7 Å². The number of fused-ring (bicyclic) bond motifs is 6. The molecule has 0 spiro atoms. The number of rotatable bonds is 22. The van der Waals surface area contributed by atoms with E-state index in [0.717, 1.165) is 104 Å². The summed E-state index contributed by atoms with van der Waals surface area (Å²) in [4.78, 5) is 66.7. The molecule has 89 heavy (non-hydrogen) atoms. The Morgan fingerprint density at radius 1 is 0.528 bits per heavy atom. The number of ether oxygens (including phenoxy) is 2. The highest BCUT2D eigenvalue weighted by atomic mass is 16.5. The Morgan fingerprint density at radius 3 is 1.45 bits per heavy atom. The summed E-state index contributed by atoms with van der Waals surface area (Å²) in [5, 5.41) is 21.0. The first-order valence-corrected chi connectivity index (χ1v) is 29.8. The van der Waals surface area contributed by atoms with Gasteiger partial charge in [0.2, 0.25) is 17.8 Å². The molecule has 0 radical (unpaired) electrons. The van der Waals surface area contributed by atoms with Crippen LogP contribution in [0.4, 0.5) is 41.6 Å². The van der Waals surface area contributed by atoms with Crippen molar-refractivity contribution in [1.82, 2.24) is 48.9 Å². The number of aromatic nitrogens is 9. The van der Waals surface area contributed by atoms with Gasteiger partial charge < -0.3 is 51.7 Å². The molecule has 0 bridgehead atoms. The SMILES string of the molecule is CCCCC(=O)c1ccc2c(c1)nc(Nc1nc3ccc(C)cc3o1)n2C.COCCCC(=O)c1ccc2c(c1)nc(Nc1nc3ccc(C)cc3o1)n2C.Cn1c(Nc2nc3ccc(N4CCCC4)cc3o2)nc2cc(C(=O)NCCOCCO)ccc21. The summed E-state index contributed by atoms with van der Waals surface area (Å²) in [6.07, 6.45) is 6.09. The lowest BCUT2D eigenvalue weighted by molar-refractivity contribution is 0.0837. The van der Waals surface area contributed by atoms with Crippen molar-refractivity contribution in [2.24, 2.45) is 21.1 Å². The van der Waals surface area contributed by atoms with Gasteiger partial charge in [-0.1, -0.05) is 25.5 Å². The summed E-state index contributed by atoms with van der Waals surface area (Å²) in [6, 6.07) is 35.6. The molecule has 0 unspecified atom stereocenters. The number of carbonyl (C=O) groups is 3. The number of anilines is 7. The number of hydrogen-bond donors (Lipinski definition) is 5. The number of hydrogen-bond acceptors (Lipinski definition) is 19. The van der Waals surface area contributed by atoms with Crippen molar-refractivity contribution in [3.8, 4) is 0 Å². The highest BCUT2D eigenvalue weighted by molar-refractivity contribution is 6.01. The maximum atomic E-state index is 12.4. The molecule has 0 aliphatic carbocycles. The Morgan fingerprint density at radius 2 is 0.978 bits per heavy atom. The predicted octanol–water partition coefficient (Wildman–Crippen LogP) is 12.3. The van der Waals surface area contributed by atoms with Crippen molar-refractivity contribution in [3.63, 3.8) is 0 Å². The second-order valence-corrected chi connectivity index (χ2v) is 22.0. The Bertz CT molecular complexity index is 4510. The first-order valence-electron chi connectivity index (χ1n) is 29.8. The number of nitrogens with one attached hydrogen (secondary N) is 4. The Hall–Kier alpha value is -9.97. The van der Waals surface area contributed by atoms with Crippen LogP contribution in [0.2, 0.25) is 0 Å². The minimum Gasteiger partial charge on any atom is -0.423 e. The van der Waals surface area contributed by atoms with Crippen molar-refractivity contribution in [2.75, 3.05) is 74.0 Å². The van der Waals surface area contributed by atoms with E-state index in [0.29, 0.717) is 97.1 Å². The van der Waals surface area contributed by atoms with Gasteiger partial charge >= 0.3 is 18.0 Å². The summed E-state index contributed by atoms with van der Waals surface area (Å²) in [7, 11) is 7.36. The average Bonchev–Trinajstić information content (AvgIpc) is 2.01. The molecule has 7 heterocycles. The number of imidazole rings is 3. The van der Waals surface area contributed by atoms with Crippen LogP contribution < -0.4 is 26.2 Å². The molecule has 0 saturated carbocycles. The molecule has 1 amide bonds. The van der Waals surface area contributed by atoms with Gasteiger partial charge in [-0.25, -0.2) is 15.0 Å². The third kappa shape index (κ3) is 14.1. The number of methoxy groups -OCH3 is 1.